The number of hydrogen-bond donors (Lipinski definition) is 1. The normalized spacial score (nSPS) is 14.5. The molecule has 0 saturated carbocycles. The highest BCUT2D eigenvalue weighted by molar-refractivity contribution is 6.54. The van der Waals surface area contributed by atoms with Crippen LogP contribution in [-0.4, -0.2) is 16.6 Å². The maximum Gasteiger partial charge on any atom is 0.235 e. The molecule has 3 heteroatoms. The zero-order chi connectivity index (χ0) is 17.8. The molecular formula is C22H27NO2. The molecule has 0 unspecified atom stereocenters. The van der Waals surface area contributed by atoms with Crippen molar-refractivity contribution in [1.82, 2.24) is 4.98 Å². The average molecular weight is 337 g/mol. The zero-order valence-corrected chi connectivity index (χ0v) is 15.3. The molecule has 1 aromatic heterocycles. The van der Waals surface area contributed by atoms with Crippen molar-refractivity contribution in [3.05, 3.63) is 41.1 Å². The van der Waals surface area contributed by atoms with Crippen LogP contribution in [0.25, 0.3) is 16.5 Å². The van der Waals surface area contributed by atoms with E-state index in [2.05, 4.69) is 11.9 Å². The number of hydrogen-bond acceptors (Lipinski definition) is 2. The van der Waals surface area contributed by atoms with Crippen molar-refractivity contribution in [3.63, 3.8) is 0 Å². The van der Waals surface area contributed by atoms with Crippen molar-refractivity contribution >= 4 is 28.0 Å². The van der Waals surface area contributed by atoms with Crippen LogP contribution in [0.15, 0.2) is 29.8 Å². The number of benzene rings is 1. The van der Waals surface area contributed by atoms with Crippen LogP contribution in [0.3, 0.4) is 0 Å². The number of H-pyrrole nitrogens is 1. The third kappa shape index (κ3) is 3.46. The molecule has 0 amide bonds. The quantitative estimate of drug-likeness (QED) is 0.485. The lowest BCUT2D eigenvalue weighted by atomic mass is 9.85. The van der Waals surface area contributed by atoms with E-state index < -0.39 is 0 Å². The minimum Gasteiger partial charge on any atom is -0.354 e. The molecular weight excluding hydrogens is 310 g/mol. The van der Waals surface area contributed by atoms with Gasteiger partial charge in [0.2, 0.25) is 11.6 Å². The minimum absolute atomic E-state index is 0.338. The number of aromatic nitrogens is 1. The Morgan fingerprint density at radius 2 is 1.56 bits per heavy atom. The fourth-order valence-corrected chi connectivity index (χ4v) is 3.78. The Hall–Kier alpha value is -2.16. The van der Waals surface area contributed by atoms with Gasteiger partial charge in [0.25, 0.3) is 0 Å². The summed E-state index contributed by atoms with van der Waals surface area (Å²) in [5.74, 6) is -0.705. The summed E-state index contributed by atoms with van der Waals surface area (Å²) in [6.45, 7) is 4.03. The van der Waals surface area contributed by atoms with Gasteiger partial charge in [-0.3, -0.25) is 9.59 Å². The fraction of sp³-hybridized carbons (Fsp3) is 0.455. The predicted molar refractivity (Wildman–Crippen MR) is 103 cm³/mol. The summed E-state index contributed by atoms with van der Waals surface area (Å²) in [5, 5.41) is 0.861. The zero-order valence-electron chi connectivity index (χ0n) is 15.3. The summed E-state index contributed by atoms with van der Waals surface area (Å²) in [5.41, 5.74) is 4.03. The monoisotopic (exact) mass is 337 g/mol. The molecule has 1 heterocycles. The smallest absolute Gasteiger partial charge is 0.235 e. The van der Waals surface area contributed by atoms with Crippen LogP contribution in [0, 0.1) is 0 Å². The maximum absolute atomic E-state index is 12.5. The molecule has 132 valence electrons. The maximum atomic E-state index is 12.5. The largest absolute Gasteiger partial charge is 0.354 e. The number of Topliss-reactive ketones (excluding diaryl/α,β-unsaturated/α-hetero) is 2. The lowest BCUT2D eigenvalue weighted by molar-refractivity contribution is -0.111. The van der Waals surface area contributed by atoms with Gasteiger partial charge in [0.15, 0.2) is 0 Å². The number of rotatable bonds is 8. The number of allylic oxidation sites excluding steroid dienone is 2. The lowest BCUT2D eigenvalue weighted by Gasteiger charge is -2.17. The molecule has 1 aromatic carbocycles. The Morgan fingerprint density at radius 3 is 2.32 bits per heavy atom. The molecule has 1 aliphatic carbocycles. The summed E-state index contributed by atoms with van der Waals surface area (Å²) in [4.78, 5) is 28.3. The first-order valence-electron chi connectivity index (χ1n) is 9.55. The van der Waals surface area contributed by atoms with Crippen LogP contribution < -0.4 is 0 Å². The number of nitrogens with one attached hydrogen (secondary N) is 1. The second kappa shape index (κ2) is 7.81. The third-order valence-corrected chi connectivity index (χ3v) is 5.26. The van der Waals surface area contributed by atoms with Crippen LogP contribution in [-0.2, 0) is 4.79 Å². The molecule has 0 fully saturated rings. The van der Waals surface area contributed by atoms with Gasteiger partial charge in [0, 0.05) is 16.5 Å². The molecule has 0 radical (unpaired) electrons. The highest BCUT2D eigenvalue weighted by Crippen LogP contribution is 2.36. The Balaban J connectivity index is 1.77. The first kappa shape index (κ1) is 17.7. The Labute approximate surface area is 149 Å². The molecule has 0 saturated heterocycles. The molecule has 0 bridgehead atoms. The molecule has 1 aliphatic rings. The van der Waals surface area contributed by atoms with Gasteiger partial charge < -0.3 is 4.98 Å². The Kier molecular flexibility index (Phi) is 5.52. The van der Waals surface area contributed by atoms with E-state index in [1.165, 1.54) is 38.5 Å². The van der Waals surface area contributed by atoms with Gasteiger partial charge in [-0.15, -0.1) is 0 Å². The summed E-state index contributed by atoms with van der Waals surface area (Å²) in [6, 6.07) is 7.74. The number of fused-ring (bicyclic) bond motifs is 3. The Morgan fingerprint density at radius 1 is 0.880 bits per heavy atom. The molecule has 0 aliphatic heterocycles. The van der Waals surface area contributed by atoms with Crippen LogP contribution >= 0.6 is 0 Å². The standard InChI is InChI=1S/C22H27NO2/c1-3-4-5-6-7-8-9-12-16-15(2)21(24)22(25)19-17-13-10-11-14-18(17)23-20(16)19/h10-11,13-14,23H,3-9,12H2,1-2H3. The van der Waals surface area contributed by atoms with E-state index in [9.17, 15) is 9.59 Å². The van der Waals surface area contributed by atoms with Crippen molar-refractivity contribution in [2.24, 2.45) is 0 Å². The minimum atomic E-state index is -0.367. The summed E-state index contributed by atoms with van der Waals surface area (Å²) >= 11 is 0. The topological polar surface area (TPSA) is 49.9 Å². The summed E-state index contributed by atoms with van der Waals surface area (Å²) in [7, 11) is 0. The second-order valence-electron chi connectivity index (χ2n) is 7.05. The van der Waals surface area contributed by atoms with Gasteiger partial charge in [-0.1, -0.05) is 63.6 Å². The fourth-order valence-electron chi connectivity index (χ4n) is 3.78. The van der Waals surface area contributed by atoms with Crippen LogP contribution in [0.1, 0.15) is 81.3 Å². The van der Waals surface area contributed by atoms with E-state index >= 15 is 0 Å². The SMILES string of the molecule is CCCCCCCCCC1=C(C)C(=O)C(=O)c2c1[nH]c1ccccc21. The predicted octanol–water partition coefficient (Wildman–Crippen LogP) is 5.85. The molecule has 0 atom stereocenters. The van der Waals surface area contributed by atoms with Crippen LogP contribution in [0.2, 0.25) is 0 Å². The molecule has 1 N–H and O–H groups in total. The van der Waals surface area contributed by atoms with E-state index in [1.54, 1.807) is 6.92 Å². The highest BCUT2D eigenvalue weighted by Gasteiger charge is 2.33. The van der Waals surface area contributed by atoms with Crippen molar-refractivity contribution in [2.45, 2.75) is 65.2 Å². The first-order chi connectivity index (χ1) is 12.1. The molecule has 3 nitrogen and oxygen atoms in total. The van der Waals surface area contributed by atoms with Gasteiger partial charge in [-0.2, -0.15) is 0 Å². The van der Waals surface area contributed by atoms with Gasteiger partial charge in [-0.05, 0) is 31.4 Å². The summed E-state index contributed by atoms with van der Waals surface area (Å²) < 4.78 is 0. The number of para-hydroxylation sites is 1. The third-order valence-electron chi connectivity index (χ3n) is 5.26. The van der Waals surface area contributed by atoms with Crippen molar-refractivity contribution < 1.29 is 9.59 Å². The van der Waals surface area contributed by atoms with E-state index in [-0.39, 0.29) is 11.6 Å². The van der Waals surface area contributed by atoms with Gasteiger partial charge in [-0.25, -0.2) is 0 Å². The number of carbonyl (C=O) groups excluding carboxylic acids is 2. The second-order valence-corrected chi connectivity index (χ2v) is 7.05. The van der Waals surface area contributed by atoms with E-state index in [0.717, 1.165) is 35.0 Å². The number of unbranched alkanes of at least 4 members (excludes halogenated alkanes) is 6. The first-order valence-corrected chi connectivity index (χ1v) is 9.55. The van der Waals surface area contributed by atoms with Crippen molar-refractivity contribution in [2.75, 3.05) is 0 Å². The van der Waals surface area contributed by atoms with E-state index in [1.807, 2.05) is 24.3 Å². The van der Waals surface area contributed by atoms with Gasteiger partial charge in [0.1, 0.15) is 0 Å². The molecule has 3 rings (SSSR count). The molecule has 25 heavy (non-hydrogen) atoms. The lowest BCUT2D eigenvalue weighted by Crippen LogP contribution is -2.22. The van der Waals surface area contributed by atoms with Crippen LogP contribution in [0.4, 0.5) is 0 Å². The Bertz CT molecular complexity index is 826. The van der Waals surface area contributed by atoms with Crippen molar-refractivity contribution in [1.29, 1.82) is 0 Å². The average Bonchev–Trinajstić information content (AvgIpc) is 3.01. The highest BCUT2D eigenvalue weighted by atomic mass is 16.2. The molecule has 2 aromatic rings. The van der Waals surface area contributed by atoms with Gasteiger partial charge >= 0.3 is 0 Å². The molecule has 0 spiro atoms. The van der Waals surface area contributed by atoms with Crippen LogP contribution in [0.5, 0.6) is 0 Å². The van der Waals surface area contributed by atoms with E-state index in [4.69, 9.17) is 0 Å². The number of aromatic amines is 1. The number of carbonyl (C=O) groups is 2. The van der Waals surface area contributed by atoms with E-state index in [0.29, 0.717) is 11.1 Å². The summed E-state index contributed by atoms with van der Waals surface area (Å²) in [6.07, 6.45) is 9.55. The van der Waals surface area contributed by atoms with Crippen molar-refractivity contribution in [3.8, 4) is 0 Å². The number of ketones is 2. The van der Waals surface area contributed by atoms with Gasteiger partial charge in [0.05, 0.1) is 11.3 Å².